The van der Waals surface area contributed by atoms with Gasteiger partial charge in [-0.1, -0.05) is 30.3 Å². The third kappa shape index (κ3) is 3.93. The molecule has 0 bridgehead atoms. The van der Waals surface area contributed by atoms with Crippen LogP contribution < -0.4 is 10.3 Å². The molecule has 0 saturated carbocycles. The number of methoxy groups -OCH3 is 1. The van der Waals surface area contributed by atoms with E-state index in [4.69, 9.17) is 9.47 Å². The lowest BCUT2D eigenvalue weighted by atomic mass is 10.0. The number of carbonyl (C=O) groups is 1. The zero-order chi connectivity index (χ0) is 20.2. The monoisotopic (exact) mass is 386 g/mol. The van der Waals surface area contributed by atoms with E-state index in [1.165, 1.54) is 0 Å². The molecule has 4 aromatic rings. The largest absolute Gasteiger partial charge is 0.468 e. The Kier molecular flexibility index (Phi) is 5.18. The van der Waals surface area contributed by atoms with Gasteiger partial charge < -0.3 is 14.5 Å². The summed E-state index contributed by atoms with van der Waals surface area (Å²) in [7, 11) is 1.55. The maximum Gasteiger partial charge on any atom is 0.274 e. The number of H-pyrrole nitrogens is 1. The van der Waals surface area contributed by atoms with Gasteiger partial charge >= 0.3 is 0 Å². The number of rotatable bonds is 6. The molecular weight excluding hydrogens is 368 g/mol. The van der Waals surface area contributed by atoms with Crippen molar-refractivity contribution in [3.8, 4) is 17.0 Å². The molecule has 144 valence electrons. The fourth-order valence-electron chi connectivity index (χ4n) is 3.01. The number of ketones is 1. The van der Waals surface area contributed by atoms with Crippen molar-refractivity contribution in [1.29, 1.82) is 0 Å². The summed E-state index contributed by atoms with van der Waals surface area (Å²) in [5.41, 5.74) is 2.85. The number of hydrogen-bond acceptors (Lipinski definition) is 5. The molecule has 0 aliphatic carbocycles. The maximum absolute atomic E-state index is 12.7. The van der Waals surface area contributed by atoms with Crippen LogP contribution in [-0.4, -0.2) is 29.7 Å². The topological polar surface area (TPSA) is 81.3 Å². The molecule has 1 aromatic heterocycles. The molecule has 0 aliphatic heterocycles. The first-order valence-electron chi connectivity index (χ1n) is 9.02. The van der Waals surface area contributed by atoms with Gasteiger partial charge in [0, 0.05) is 23.8 Å². The quantitative estimate of drug-likeness (QED) is 0.403. The summed E-state index contributed by atoms with van der Waals surface area (Å²) in [4.78, 5) is 32.5. The van der Waals surface area contributed by atoms with Gasteiger partial charge in [-0.2, -0.15) is 0 Å². The molecule has 3 aromatic carbocycles. The molecule has 0 unspecified atom stereocenters. The van der Waals surface area contributed by atoms with Crippen molar-refractivity contribution in [2.24, 2.45) is 0 Å². The summed E-state index contributed by atoms with van der Waals surface area (Å²) >= 11 is 0. The van der Waals surface area contributed by atoms with Gasteiger partial charge in [-0.25, -0.2) is 4.98 Å². The Morgan fingerprint density at radius 3 is 2.45 bits per heavy atom. The van der Waals surface area contributed by atoms with Crippen molar-refractivity contribution in [3.63, 3.8) is 0 Å². The Morgan fingerprint density at radius 1 is 0.966 bits per heavy atom. The molecule has 0 fully saturated rings. The first kappa shape index (κ1) is 18.6. The highest BCUT2D eigenvalue weighted by Gasteiger charge is 2.12. The molecule has 6 nitrogen and oxygen atoms in total. The Labute approximate surface area is 166 Å². The number of aromatic nitrogens is 2. The predicted molar refractivity (Wildman–Crippen MR) is 110 cm³/mol. The third-order valence-electron chi connectivity index (χ3n) is 4.46. The number of nitrogens with one attached hydrogen (secondary N) is 1. The fraction of sp³-hybridized carbons (Fsp3) is 0.0870. The molecule has 0 radical (unpaired) electrons. The molecule has 1 N–H and O–H groups in total. The second-order valence-electron chi connectivity index (χ2n) is 6.42. The number of fused-ring (bicyclic) bond motifs is 1. The van der Waals surface area contributed by atoms with Crippen molar-refractivity contribution >= 4 is 16.8 Å². The van der Waals surface area contributed by atoms with E-state index < -0.39 is 0 Å². The van der Waals surface area contributed by atoms with Gasteiger partial charge in [0.15, 0.2) is 12.6 Å². The second kappa shape index (κ2) is 8.08. The van der Waals surface area contributed by atoms with E-state index >= 15 is 0 Å². The summed E-state index contributed by atoms with van der Waals surface area (Å²) in [5, 5.41) is 0. The van der Waals surface area contributed by atoms with Crippen LogP contribution in [0.5, 0.6) is 5.75 Å². The van der Waals surface area contributed by atoms with E-state index in [9.17, 15) is 9.59 Å². The summed E-state index contributed by atoms with van der Waals surface area (Å²) < 4.78 is 10.2. The molecule has 0 saturated heterocycles. The normalized spacial score (nSPS) is 10.8. The van der Waals surface area contributed by atoms with E-state index in [2.05, 4.69) is 9.97 Å². The highest BCUT2D eigenvalue weighted by molar-refractivity contribution is 6.10. The van der Waals surface area contributed by atoms with Crippen molar-refractivity contribution < 1.29 is 14.3 Å². The summed E-state index contributed by atoms with van der Waals surface area (Å²) in [6, 6.07) is 21.1. The number of ether oxygens (including phenoxy) is 2. The predicted octanol–water partition coefficient (Wildman–Crippen LogP) is 3.80. The lowest BCUT2D eigenvalue weighted by molar-refractivity contribution is 0.0511. The van der Waals surface area contributed by atoms with E-state index in [1.54, 1.807) is 61.7 Å². The van der Waals surface area contributed by atoms with Crippen LogP contribution in [0.3, 0.4) is 0 Å². The van der Waals surface area contributed by atoms with Crippen LogP contribution in [-0.2, 0) is 4.74 Å². The van der Waals surface area contributed by atoms with Crippen molar-refractivity contribution in [2.75, 3.05) is 13.9 Å². The molecule has 1 heterocycles. The number of aromatic amines is 1. The lowest BCUT2D eigenvalue weighted by Gasteiger charge is -2.07. The first-order chi connectivity index (χ1) is 14.2. The fourth-order valence-corrected chi connectivity index (χ4v) is 3.01. The summed E-state index contributed by atoms with van der Waals surface area (Å²) in [6.07, 6.45) is 0. The van der Waals surface area contributed by atoms with E-state index in [0.717, 1.165) is 0 Å². The molecule has 0 amide bonds. The van der Waals surface area contributed by atoms with Gasteiger partial charge in [-0.3, -0.25) is 9.59 Å². The second-order valence-corrected chi connectivity index (χ2v) is 6.42. The minimum absolute atomic E-state index is 0.0957. The molecule has 0 atom stereocenters. The number of hydrogen-bond donors (Lipinski definition) is 1. The zero-order valence-corrected chi connectivity index (χ0v) is 15.7. The minimum atomic E-state index is -0.301. The Morgan fingerprint density at radius 2 is 1.72 bits per heavy atom. The van der Waals surface area contributed by atoms with Gasteiger partial charge in [0.05, 0.1) is 11.0 Å². The minimum Gasteiger partial charge on any atom is -0.468 e. The molecular formula is C23H18N2O4. The summed E-state index contributed by atoms with van der Waals surface area (Å²) in [5.74, 6) is 0.533. The average Bonchev–Trinajstić information content (AvgIpc) is 2.77. The van der Waals surface area contributed by atoms with E-state index in [-0.39, 0.29) is 23.8 Å². The molecule has 4 rings (SSSR count). The number of carbonyl (C=O) groups excluding carboxylic acids is 1. The van der Waals surface area contributed by atoms with Crippen molar-refractivity contribution in [1.82, 2.24) is 9.97 Å². The van der Waals surface area contributed by atoms with Crippen LogP contribution in [0.2, 0.25) is 0 Å². The third-order valence-corrected chi connectivity index (χ3v) is 4.46. The SMILES string of the molecule is COCOc1ccc(-c2nc3cc(C(=O)c4ccccc4)ccc3[nH]c2=O)cc1. The molecule has 0 aliphatic rings. The van der Waals surface area contributed by atoms with Crippen molar-refractivity contribution in [3.05, 3.63) is 94.3 Å². The highest BCUT2D eigenvalue weighted by atomic mass is 16.7. The van der Waals surface area contributed by atoms with Crippen LogP contribution in [0.4, 0.5) is 0 Å². The van der Waals surface area contributed by atoms with Crippen LogP contribution >= 0.6 is 0 Å². The molecule has 29 heavy (non-hydrogen) atoms. The van der Waals surface area contributed by atoms with Crippen LogP contribution in [0.15, 0.2) is 77.6 Å². The smallest absolute Gasteiger partial charge is 0.274 e. The number of nitrogens with zero attached hydrogens (tertiary/aromatic N) is 1. The van der Waals surface area contributed by atoms with Gasteiger partial charge in [0.1, 0.15) is 11.4 Å². The van der Waals surface area contributed by atoms with Crippen LogP contribution in [0.25, 0.3) is 22.3 Å². The Bertz CT molecular complexity index is 1220. The Hall–Kier alpha value is -3.77. The zero-order valence-electron chi connectivity index (χ0n) is 15.7. The van der Waals surface area contributed by atoms with E-state index in [0.29, 0.717) is 33.5 Å². The van der Waals surface area contributed by atoms with Crippen LogP contribution in [0.1, 0.15) is 15.9 Å². The van der Waals surface area contributed by atoms with Crippen LogP contribution in [0, 0.1) is 0 Å². The summed E-state index contributed by atoms with van der Waals surface area (Å²) in [6.45, 7) is 0.145. The van der Waals surface area contributed by atoms with Crippen molar-refractivity contribution in [2.45, 2.75) is 0 Å². The molecule has 0 spiro atoms. The number of benzene rings is 3. The first-order valence-corrected chi connectivity index (χ1v) is 9.02. The van der Waals surface area contributed by atoms with Gasteiger partial charge in [-0.05, 0) is 42.5 Å². The maximum atomic E-state index is 12.7. The highest BCUT2D eigenvalue weighted by Crippen LogP contribution is 2.21. The standard InChI is InChI=1S/C23H18N2O4/c1-28-14-29-18-10-7-15(8-11-18)21-23(27)25-19-12-9-17(13-20(19)24-21)22(26)16-5-3-2-4-6-16/h2-13H,14H2,1H3,(H,25,27). The van der Waals surface area contributed by atoms with Gasteiger partial charge in [-0.15, -0.1) is 0 Å². The average molecular weight is 386 g/mol. The van der Waals surface area contributed by atoms with E-state index in [1.807, 2.05) is 18.2 Å². The Balaban J connectivity index is 1.71. The molecule has 6 heteroatoms. The lowest BCUT2D eigenvalue weighted by Crippen LogP contribution is -2.12. The van der Waals surface area contributed by atoms with Gasteiger partial charge in [0.25, 0.3) is 5.56 Å². The van der Waals surface area contributed by atoms with Gasteiger partial charge in [0.2, 0.25) is 0 Å².